The van der Waals surface area contributed by atoms with Gasteiger partial charge in [-0.25, -0.2) is 8.42 Å². The summed E-state index contributed by atoms with van der Waals surface area (Å²) < 4.78 is 28.4. The molecule has 5 nitrogen and oxygen atoms in total. The maximum atomic E-state index is 12.1. The van der Waals surface area contributed by atoms with Gasteiger partial charge in [-0.1, -0.05) is 26.0 Å². The van der Waals surface area contributed by atoms with Gasteiger partial charge in [0, 0.05) is 13.1 Å². The Kier molecular flexibility index (Phi) is 5.11. The molecule has 0 N–H and O–H groups in total. The third-order valence-electron chi connectivity index (χ3n) is 4.06. The Bertz CT molecular complexity index is 622. The zero-order chi connectivity index (χ0) is 16.3. The van der Waals surface area contributed by atoms with E-state index in [0.717, 1.165) is 0 Å². The van der Waals surface area contributed by atoms with E-state index in [1.165, 1.54) is 10.5 Å². The average molecular weight is 325 g/mol. The first-order valence-corrected chi connectivity index (χ1v) is 9.29. The van der Waals surface area contributed by atoms with Gasteiger partial charge < -0.3 is 9.64 Å². The van der Waals surface area contributed by atoms with Gasteiger partial charge in [0.2, 0.25) is 0 Å². The van der Waals surface area contributed by atoms with Gasteiger partial charge in [-0.2, -0.15) is 0 Å². The molecule has 1 aromatic carbocycles. The van der Waals surface area contributed by atoms with E-state index in [1.54, 1.807) is 7.05 Å². The fraction of sp³-hybridized carbons (Fsp3) is 0.562. The molecule has 1 aliphatic rings. The van der Waals surface area contributed by atoms with Crippen LogP contribution < -0.4 is 4.74 Å². The third-order valence-corrected chi connectivity index (χ3v) is 5.81. The zero-order valence-electron chi connectivity index (χ0n) is 13.3. The summed E-state index contributed by atoms with van der Waals surface area (Å²) >= 11 is 0. The molecule has 0 bridgehead atoms. The minimum Gasteiger partial charge on any atom is -0.484 e. The Morgan fingerprint density at radius 3 is 2.45 bits per heavy atom. The van der Waals surface area contributed by atoms with Crippen molar-refractivity contribution in [1.82, 2.24) is 4.90 Å². The van der Waals surface area contributed by atoms with Gasteiger partial charge in [0.1, 0.15) is 5.75 Å². The summed E-state index contributed by atoms with van der Waals surface area (Å²) in [7, 11) is -1.35. The summed E-state index contributed by atoms with van der Waals surface area (Å²) in [5, 5.41) is 0. The molecule has 1 aliphatic heterocycles. The predicted octanol–water partition coefficient (Wildman–Crippen LogP) is 1.83. The second-order valence-electron chi connectivity index (χ2n) is 6.07. The molecule has 1 fully saturated rings. The van der Waals surface area contributed by atoms with Crippen LogP contribution in [0.25, 0.3) is 0 Å². The monoisotopic (exact) mass is 325 g/mol. The molecule has 1 heterocycles. The number of hydrogen-bond acceptors (Lipinski definition) is 4. The number of rotatable bonds is 5. The Hall–Kier alpha value is -1.56. The van der Waals surface area contributed by atoms with E-state index in [4.69, 9.17) is 4.74 Å². The van der Waals surface area contributed by atoms with Crippen LogP contribution in [-0.4, -0.2) is 50.4 Å². The predicted molar refractivity (Wildman–Crippen MR) is 85.9 cm³/mol. The van der Waals surface area contributed by atoms with Crippen molar-refractivity contribution in [1.29, 1.82) is 0 Å². The average Bonchev–Trinajstić information content (AvgIpc) is 2.84. The first-order valence-electron chi connectivity index (χ1n) is 7.47. The number of sulfone groups is 1. The van der Waals surface area contributed by atoms with Gasteiger partial charge in [-0.15, -0.1) is 0 Å². The van der Waals surface area contributed by atoms with Gasteiger partial charge in [0.25, 0.3) is 5.91 Å². The molecule has 0 saturated carbocycles. The van der Waals surface area contributed by atoms with Gasteiger partial charge in [0.05, 0.1) is 11.5 Å². The van der Waals surface area contributed by atoms with E-state index in [1.807, 2.05) is 24.3 Å². The fourth-order valence-corrected chi connectivity index (χ4v) is 4.25. The summed E-state index contributed by atoms with van der Waals surface area (Å²) in [6, 6.07) is 7.44. The van der Waals surface area contributed by atoms with Crippen molar-refractivity contribution in [2.75, 3.05) is 25.2 Å². The van der Waals surface area contributed by atoms with Crippen LogP contribution in [0.2, 0.25) is 0 Å². The van der Waals surface area contributed by atoms with E-state index < -0.39 is 9.84 Å². The summed E-state index contributed by atoms with van der Waals surface area (Å²) in [6.45, 7) is 4.15. The Morgan fingerprint density at radius 2 is 1.95 bits per heavy atom. The highest BCUT2D eigenvalue weighted by Crippen LogP contribution is 2.19. The molecule has 1 amide bonds. The van der Waals surface area contributed by atoms with E-state index in [-0.39, 0.29) is 30.1 Å². The zero-order valence-corrected chi connectivity index (χ0v) is 14.1. The van der Waals surface area contributed by atoms with Crippen molar-refractivity contribution in [3.63, 3.8) is 0 Å². The molecule has 1 aromatic rings. The molecular formula is C16H23NO4S. The molecule has 0 spiro atoms. The molecule has 0 radical (unpaired) electrons. The van der Waals surface area contributed by atoms with Gasteiger partial charge in [-0.05, 0) is 30.0 Å². The van der Waals surface area contributed by atoms with Gasteiger partial charge in [-0.3, -0.25) is 4.79 Å². The third kappa shape index (κ3) is 4.22. The van der Waals surface area contributed by atoms with E-state index in [0.29, 0.717) is 18.1 Å². The van der Waals surface area contributed by atoms with Gasteiger partial charge >= 0.3 is 0 Å². The molecule has 1 unspecified atom stereocenters. The highest BCUT2D eigenvalue weighted by molar-refractivity contribution is 7.91. The lowest BCUT2D eigenvalue weighted by atomic mass is 10.0. The number of nitrogens with zero attached hydrogens (tertiary/aromatic N) is 1. The van der Waals surface area contributed by atoms with Crippen molar-refractivity contribution in [2.24, 2.45) is 0 Å². The standard InChI is InChI=1S/C16H23NO4S/c1-12(2)13-4-6-15(7-5-13)21-10-16(18)17(3)14-8-9-22(19,20)11-14/h4-7,12,14H,8-11H2,1-3H3. The highest BCUT2D eigenvalue weighted by atomic mass is 32.2. The van der Waals surface area contributed by atoms with Crippen LogP contribution in [0.3, 0.4) is 0 Å². The lowest BCUT2D eigenvalue weighted by molar-refractivity contribution is -0.133. The number of carbonyl (C=O) groups excluding carboxylic acids is 1. The van der Waals surface area contributed by atoms with Crippen LogP contribution in [0.4, 0.5) is 0 Å². The van der Waals surface area contributed by atoms with Crippen molar-refractivity contribution in [2.45, 2.75) is 32.2 Å². The molecular weight excluding hydrogens is 302 g/mol. The fourth-order valence-electron chi connectivity index (χ4n) is 2.48. The molecule has 0 aromatic heterocycles. The van der Waals surface area contributed by atoms with E-state index >= 15 is 0 Å². The van der Waals surface area contributed by atoms with Crippen LogP contribution in [0.1, 0.15) is 31.7 Å². The topological polar surface area (TPSA) is 63.7 Å². The number of hydrogen-bond donors (Lipinski definition) is 0. The number of amides is 1. The van der Waals surface area contributed by atoms with Crippen LogP contribution in [0.15, 0.2) is 24.3 Å². The summed E-state index contributed by atoms with van der Waals surface area (Å²) in [5.74, 6) is 1.11. The SMILES string of the molecule is CC(C)c1ccc(OCC(=O)N(C)C2CCS(=O)(=O)C2)cc1. The van der Waals surface area contributed by atoms with Crippen LogP contribution in [-0.2, 0) is 14.6 Å². The van der Waals surface area contributed by atoms with Crippen LogP contribution >= 0.6 is 0 Å². The van der Waals surface area contributed by atoms with E-state index in [2.05, 4.69) is 13.8 Å². The first-order chi connectivity index (χ1) is 10.3. The largest absolute Gasteiger partial charge is 0.484 e. The smallest absolute Gasteiger partial charge is 0.260 e. The molecule has 0 aliphatic carbocycles. The van der Waals surface area contributed by atoms with Gasteiger partial charge in [0.15, 0.2) is 16.4 Å². The first kappa shape index (κ1) is 16.8. The molecule has 122 valence electrons. The van der Waals surface area contributed by atoms with Crippen LogP contribution in [0.5, 0.6) is 5.75 Å². The number of benzene rings is 1. The Balaban J connectivity index is 1.87. The quantitative estimate of drug-likeness (QED) is 0.828. The molecule has 1 atom stereocenters. The molecule has 6 heteroatoms. The molecule has 22 heavy (non-hydrogen) atoms. The van der Waals surface area contributed by atoms with Crippen molar-refractivity contribution >= 4 is 15.7 Å². The summed E-state index contributed by atoms with van der Waals surface area (Å²) in [5.41, 5.74) is 1.21. The normalized spacial score (nSPS) is 20.1. The number of ether oxygens (including phenoxy) is 1. The maximum absolute atomic E-state index is 12.1. The number of likely N-dealkylation sites (N-methyl/N-ethyl adjacent to an activating group) is 1. The Morgan fingerprint density at radius 1 is 1.32 bits per heavy atom. The lowest BCUT2D eigenvalue weighted by Gasteiger charge is -2.23. The van der Waals surface area contributed by atoms with Crippen LogP contribution in [0, 0.1) is 0 Å². The van der Waals surface area contributed by atoms with E-state index in [9.17, 15) is 13.2 Å². The maximum Gasteiger partial charge on any atom is 0.260 e. The minimum atomic E-state index is -2.99. The highest BCUT2D eigenvalue weighted by Gasteiger charge is 2.32. The van der Waals surface area contributed by atoms with Crippen molar-refractivity contribution in [3.8, 4) is 5.75 Å². The van der Waals surface area contributed by atoms with Crippen molar-refractivity contribution < 1.29 is 17.9 Å². The Labute approximate surface area is 132 Å². The molecule has 2 rings (SSSR count). The summed E-state index contributed by atoms with van der Waals surface area (Å²) in [6.07, 6.45) is 0.508. The minimum absolute atomic E-state index is 0.0539. The lowest BCUT2D eigenvalue weighted by Crippen LogP contribution is -2.40. The number of carbonyl (C=O) groups is 1. The summed E-state index contributed by atoms with van der Waals surface area (Å²) in [4.78, 5) is 13.6. The second kappa shape index (κ2) is 6.69. The van der Waals surface area contributed by atoms with Crippen molar-refractivity contribution in [3.05, 3.63) is 29.8 Å². The second-order valence-corrected chi connectivity index (χ2v) is 8.30. The molecule has 1 saturated heterocycles.